The maximum absolute atomic E-state index is 11.4. The van der Waals surface area contributed by atoms with E-state index in [9.17, 15) is 59.4 Å². The Morgan fingerprint density at radius 3 is 1.15 bits per heavy atom. The lowest BCUT2D eigenvalue weighted by molar-refractivity contribution is -0.169. The largest absolute Gasteiger partial charge is 0.481 e. The van der Waals surface area contributed by atoms with Gasteiger partial charge in [-0.2, -0.15) is 23.5 Å². The Bertz CT molecular complexity index is 2240. The van der Waals surface area contributed by atoms with E-state index < -0.39 is 66.2 Å². The molecule has 28 heteroatoms. The number of carbonyl (C=O) groups excluding carboxylic acids is 4. The summed E-state index contributed by atoms with van der Waals surface area (Å²) in [5.74, 6) is -0.322. The molecule has 0 aliphatic heterocycles. The molecule has 5 rings (SSSR count). The van der Waals surface area contributed by atoms with E-state index in [0.29, 0.717) is 74.9 Å². The fourth-order valence-corrected chi connectivity index (χ4v) is 15.4. The van der Waals surface area contributed by atoms with Crippen LogP contribution >= 0.6 is 23.5 Å². The lowest BCUT2D eigenvalue weighted by Crippen LogP contribution is -2.43. The summed E-state index contributed by atoms with van der Waals surface area (Å²) in [6.45, 7) is 43.9. The van der Waals surface area contributed by atoms with Gasteiger partial charge in [-0.15, -0.1) is 0 Å². The highest BCUT2D eigenvalue weighted by molar-refractivity contribution is 8.00. The molecule has 712 valence electrons. The summed E-state index contributed by atoms with van der Waals surface area (Å²) in [6, 6.07) is 0.359. The Morgan fingerprint density at radius 2 is 0.782 bits per heavy atom. The summed E-state index contributed by atoms with van der Waals surface area (Å²) in [5.41, 5.74) is 0. The SMILES string of the molecule is CCC(=O)OC1CCC(CC)CC1O.CCC1CCC(OC(=O)C(C)C(=O)O)C(O)C1.CCCC(O)CNCC.CCCC(O)COC(=O)C(C)C(=O)O.CCCC(O)COC(=O)CC.CCCC(O)COCC.CCCC(O)CSCC.CCNC1CCC(CC)CC1O.CCOC1CCC(CC)CC1O.CCSC1CCC(CC)CC1O. The highest BCUT2D eigenvalue weighted by atomic mass is 32.2. The Morgan fingerprint density at radius 1 is 0.395 bits per heavy atom. The summed E-state index contributed by atoms with van der Waals surface area (Å²) in [4.78, 5) is 65.0. The van der Waals surface area contributed by atoms with Crippen molar-refractivity contribution in [2.24, 2.45) is 41.4 Å². The molecule has 0 saturated heterocycles. The number of hydrogen-bond acceptors (Lipinski definition) is 26. The number of likely N-dealkylation sites (N-methyl/N-ethyl adjacent to an activating group) is 2. The van der Waals surface area contributed by atoms with Crippen molar-refractivity contribution in [2.45, 2.75) is 435 Å². The highest BCUT2D eigenvalue weighted by Crippen LogP contribution is 2.35. The van der Waals surface area contributed by atoms with Crippen molar-refractivity contribution in [1.82, 2.24) is 10.6 Å². The number of rotatable bonds is 42. The van der Waals surface area contributed by atoms with Gasteiger partial charge in [0.2, 0.25) is 0 Å². The number of thioether (sulfide) groups is 2. The van der Waals surface area contributed by atoms with Gasteiger partial charge in [0.05, 0.1) is 73.8 Å². The lowest BCUT2D eigenvalue weighted by Gasteiger charge is -2.33. The molecule has 0 heterocycles. The maximum Gasteiger partial charge on any atom is 0.320 e. The Labute approximate surface area is 730 Å². The molecule has 14 N–H and O–H groups in total. The number of aliphatic hydroxyl groups excluding tert-OH is 10. The number of ether oxygens (including phenoxy) is 6. The van der Waals surface area contributed by atoms with E-state index in [4.69, 9.17) is 54.3 Å². The van der Waals surface area contributed by atoms with E-state index in [-0.39, 0.29) is 74.0 Å². The van der Waals surface area contributed by atoms with Crippen molar-refractivity contribution < 1.29 is 118 Å². The van der Waals surface area contributed by atoms with Crippen molar-refractivity contribution in [3.05, 3.63) is 0 Å². The summed E-state index contributed by atoms with van der Waals surface area (Å²) in [5, 5.41) is 118. The number of carbonyl (C=O) groups is 6. The van der Waals surface area contributed by atoms with Crippen molar-refractivity contribution in [2.75, 3.05) is 69.9 Å². The third-order valence-corrected chi connectivity index (χ3v) is 24.0. The minimum absolute atomic E-state index is 0.0337. The van der Waals surface area contributed by atoms with Crippen LogP contribution in [0.2, 0.25) is 0 Å². The second-order valence-corrected chi connectivity index (χ2v) is 34.7. The molecule has 0 bridgehead atoms. The van der Waals surface area contributed by atoms with Crippen molar-refractivity contribution in [1.29, 1.82) is 0 Å². The van der Waals surface area contributed by atoms with Crippen molar-refractivity contribution >= 4 is 59.3 Å². The first-order valence-corrected chi connectivity index (χ1v) is 48.6. The van der Waals surface area contributed by atoms with Gasteiger partial charge in [-0.25, -0.2) is 0 Å². The molecule has 119 heavy (non-hydrogen) atoms. The maximum atomic E-state index is 11.4. The summed E-state index contributed by atoms with van der Waals surface area (Å²) in [6.07, 6.45) is 26.5. The predicted molar refractivity (Wildman–Crippen MR) is 481 cm³/mol. The summed E-state index contributed by atoms with van der Waals surface area (Å²) >= 11 is 3.73. The minimum Gasteiger partial charge on any atom is -0.481 e. The van der Waals surface area contributed by atoms with Gasteiger partial charge in [0.1, 0.15) is 25.4 Å². The zero-order valence-corrected chi connectivity index (χ0v) is 79.8. The number of hydrogen-bond donors (Lipinski definition) is 14. The van der Waals surface area contributed by atoms with Gasteiger partial charge in [-0.05, 0) is 210 Å². The molecular formula is C91H182N2O24S2. The van der Waals surface area contributed by atoms with Gasteiger partial charge >= 0.3 is 35.8 Å². The molecule has 0 aromatic carbocycles. The molecule has 26 nitrogen and oxygen atoms in total. The zero-order valence-electron chi connectivity index (χ0n) is 78.2. The van der Waals surface area contributed by atoms with Crippen LogP contribution in [0.15, 0.2) is 0 Å². The second-order valence-electron chi connectivity index (χ2n) is 31.9. The van der Waals surface area contributed by atoms with Crippen molar-refractivity contribution in [3.8, 4) is 0 Å². The molecule has 0 spiro atoms. The van der Waals surface area contributed by atoms with Crippen LogP contribution in [0.5, 0.6) is 0 Å². The van der Waals surface area contributed by atoms with Crippen LogP contribution in [-0.2, 0) is 57.2 Å². The van der Waals surface area contributed by atoms with Gasteiger partial charge < -0.3 is 100 Å². The van der Waals surface area contributed by atoms with Crippen LogP contribution in [0.25, 0.3) is 0 Å². The first-order valence-electron chi connectivity index (χ1n) is 46.4. The zero-order chi connectivity index (χ0) is 91.6. The third-order valence-electron chi connectivity index (χ3n) is 21.7. The number of esters is 4. The molecule has 5 fully saturated rings. The van der Waals surface area contributed by atoms with E-state index >= 15 is 0 Å². The molecule has 22 atom stereocenters. The first kappa shape index (κ1) is 124. The topological polar surface area (TPSA) is 425 Å². The molecule has 0 amide bonds. The van der Waals surface area contributed by atoms with Gasteiger partial charge in [-0.3, -0.25) is 28.8 Å². The summed E-state index contributed by atoms with van der Waals surface area (Å²) in [7, 11) is 0. The molecule has 0 aromatic rings. The normalized spacial score (nSPS) is 25.3. The van der Waals surface area contributed by atoms with Crippen LogP contribution in [0, 0.1) is 41.4 Å². The number of carboxylic acids is 2. The van der Waals surface area contributed by atoms with Gasteiger partial charge in [-0.1, -0.05) is 175 Å². The molecule has 22 unspecified atom stereocenters. The fraction of sp³-hybridized carbons (Fsp3) is 0.934. The Hall–Kier alpha value is -3.04. The van der Waals surface area contributed by atoms with Crippen LogP contribution in [0.1, 0.15) is 344 Å². The highest BCUT2D eigenvalue weighted by Gasteiger charge is 2.35. The Balaban J connectivity index is -0.000000407. The molecular weight excluding hydrogens is 1570 g/mol. The molecule has 5 saturated carbocycles. The minimum atomic E-state index is -1.22. The first-order chi connectivity index (χ1) is 56.6. The average Bonchev–Trinajstić information content (AvgIpc) is 0.868. The summed E-state index contributed by atoms with van der Waals surface area (Å²) < 4.78 is 30.0. The molecule has 5 aliphatic carbocycles. The average molecular weight is 1750 g/mol. The second kappa shape index (κ2) is 83.2. The van der Waals surface area contributed by atoms with E-state index in [1.807, 2.05) is 46.4 Å². The van der Waals surface area contributed by atoms with E-state index in [2.05, 4.69) is 91.5 Å². The van der Waals surface area contributed by atoms with Gasteiger partial charge in [0, 0.05) is 49.6 Å². The number of aliphatic hydroxyl groups is 10. The van der Waals surface area contributed by atoms with Crippen LogP contribution in [0.4, 0.5) is 0 Å². The van der Waals surface area contributed by atoms with E-state index in [1.54, 1.807) is 25.6 Å². The number of aliphatic carboxylic acids is 2. The fourth-order valence-electron chi connectivity index (χ4n) is 13.7. The molecule has 5 aliphatic rings. The Kier molecular flexibility index (Phi) is 87.0. The lowest BCUT2D eigenvalue weighted by atomic mass is 9.82. The van der Waals surface area contributed by atoms with Crippen LogP contribution in [0.3, 0.4) is 0 Å². The molecule has 0 radical (unpaired) electrons. The smallest absolute Gasteiger partial charge is 0.320 e. The van der Waals surface area contributed by atoms with Crippen molar-refractivity contribution in [3.63, 3.8) is 0 Å². The number of nitrogens with one attached hydrogen (secondary N) is 2. The third kappa shape index (κ3) is 68.9. The predicted octanol–water partition coefficient (Wildman–Crippen LogP) is 14.6. The van der Waals surface area contributed by atoms with Crippen LogP contribution < -0.4 is 10.6 Å². The standard InChI is InChI=1S/C12H20O5.C11H20O3.C10H21NO.C10H20O2.C10H20OS.C9H16O5.C8H16O3.C7H17NO.C7H16O2.C7H16OS/c1-3-8-4-5-10(9(13)6-8)17-12(16)7(2)11(14)15;1-3-8-5-6-10(9(12)7-8)14-11(13)4-2;1-3-8-5-6-9(11-4-2)10(12)7-8;2*1-3-8-5-6-10(12-4-2)9(11)7-8;1-3-4-7(10)5-14-9(13)6(2)8(11)12;1-3-5-7(9)6-11-8(10)4-2;1-3-5-7(9)6-8-4-2;2*1-3-5-7(8)6-9-4-2/h7-10,13H,3-6H2,1-2H3,(H,14,15);8-10,12H,3-7H2,1-2H3;8-12H,3-7H2,1-2H3;2*8-11H,3-7H2,1-2H3;6-7,10H,3-5H2,1-2H3,(H,11,12);7,9H,3-6H2,1-2H3;7-9H,3-6H2,1-2H3;2*7-8H,3-6H2,1-2H3. The van der Waals surface area contributed by atoms with Gasteiger partial charge in [0.15, 0.2) is 11.8 Å². The van der Waals surface area contributed by atoms with E-state index in [0.717, 1.165) is 183 Å². The quantitative estimate of drug-likeness (QED) is 0.0153. The van der Waals surface area contributed by atoms with Crippen LogP contribution in [-0.4, -0.2) is 258 Å². The number of carboxylic acid groups (broad SMARTS) is 2. The monoisotopic (exact) mass is 1750 g/mol. The molecule has 0 aromatic heterocycles. The van der Waals surface area contributed by atoms with E-state index in [1.165, 1.54) is 58.8 Å². The van der Waals surface area contributed by atoms with Gasteiger partial charge in [0.25, 0.3) is 0 Å².